The number of halogens is 1. The number of aromatic nitrogens is 1. The van der Waals surface area contributed by atoms with Gasteiger partial charge in [0, 0.05) is 9.77 Å². The number of ether oxygens (including phenoxy) is 1. The first-order chi connectivity index (χ1) is 6.13. The number of carbonyl (C=O) groups excluding carboxylic acids is 1. The molecule has 0 aliphatic rings. The van der Waals surface area contributed by atoms with E-state index in [-0.39, 0.29) is 0 Å². The largest absolute Gasteiger partial charge is 0.453 e. The molecule has 1 amide bonds. The number of carbonyl (C=O) groups is 1. The third-order valence-corrected chi connectivity index (χ3v) is 2.62. The maximum atomic E-state index is 10.8. The third kappa shape index (κ3) is 2.83. The van der Waals surface area contributed by atoms with Crippen molar-refractivity contribution in [3.63, 3.8) is 0 Å². The van der Waals surface area contributed by atoms with Gasteiger partial charge in [-0.3, -0.25) is 5.32 Å². The van der Waals surface area contributed by atoms with Gasteiger partial charge < -0.3 is 4.74 Å². The van der Waals surface area contributed by atoms with E-state index in [0.29, 0.717) is 5.82 Å². The van der Waals surface area contributed by atoms with Crippen molar-refractivity contribution in [2.24, 2.45) is 0 Å². The average molecular weight is 292 g/mol. The van der Waals surface area contributed by atoms with Crippen molar-refractivity contribution in [2.75, 3.05) is 12.4 Å². The van der Waals surface area contributed by atoms with Crippen LogP contribution in [-0.2, 0) is 4.74 Å². The van der Waals surface area contributed by atoms with Crippen LogP contribution in [0.1, 0.15) is 5.56 Å². The maximum absolute atomic E-state index is 10.8. The van der Waals surface area contributed by atoms with Gasteiger partial charge in [0.1, 0.15) is 5.82 Å². The Morgan fingerprint density at radius 2 is 2.38 bits per heavy atom. The first-order valence-corrected chi connectivity index (χ1v) is 4.68. The molecular weight excluding hydrogens is 283 g/mol. The highest BCUT2D eigenvalue weighted by molar-refractivity contribution is 14.1. The third-order valence-electron chi connectivity index (χ3n) is 1.45. The van der Waals surface area contributed by atoms with Crippen LogP contribution in [0.15, 0.2) is 12.3 Å². The summed E-state index contributed by atoms with van der Waals surface area (Å²) in [5.74, 6) is 0.502. The monoisotopic (exact) mass is 292 g/mol. The van der Waals surface area contributed by atoms with E-state index in [1.165, 1.54) is 7.11 Å². The van der Waals surface area contributed by atoms with E-state index in [1.54, 1.807) is 12.3 Å². The van der Waals surface area contributed by atoms with Crippen molar-refractivity contribution in [3.05, 3.63) is 21.4 Å². The van der Waals surface area contributed by atoms with E-state index < -0.39 is 6.09 Å². The highest BCUT2D eigenvalue weighted by atomic mass is 127. The summed E-state index contributed by atoms with van der Waals surface area (Å²) in [6.45, 7) is 1.96. The summed E-state index contributed by atoms with van der Waals surface area (Å²) in [5.41, 5.74) is 1.08. The molecule has 0 unspecified atom stereocenters. The van der Waals surface area contributed by atoms with Gasteiger partial charge in [-0.25, -0.2) is 9.78 Å². The standard InChI is InChI=1S/C8H9IN2O2/c1-5-4-10-7(3-6(5)9)11-8(12)13-2/h3-4H,1-2H3,(H,10,11,12). The molecule has 0 atom stereocenters. The smallest absolute Gasteiger partial charge is 0.412 e. The number of rotatable bonds is 1. The van der Waals surface area contributed by atoms with Crippen molar-refractivity contribution in [2.45, 2.75) is 6.92 Å². The molecule has 70 valence electrons. The SMILES string of the molecule is COC(=O)Nc1cc(I)c(C)cn1. The lowest BCUT2D eigenvalue weighted by atomic mass is 10.3. The van der Waals surface area contributed by atoms with E-state index in [9.17, 15) is 4.79 Å². The molecule has 1 N–H and O–H groups in total. The van der Waals surface area contributed by atoms with Crippen LogP contribution in [0.25, 0.3) is 0 Å². The predicted molar refractivity (Wildman–Crippen MR) is 57.7 cm³/mol. The molecule has 1 rings (SSSR count). The fraction of sp³-hybridized carbons (Fsp3) is 0.250. The fourth-order valence-corrected chi connectivity index (χ4v) is 1.16. The van der Waals surface area contributed by atoms with Gasteiger partial charge in [0.2, 0.25) is 0 Å². The molecular formula is C8H9IN2O2. The van der Waals surface area contributed by atoms with Gasteiger partial charge in [0.25, 0.3) is 0 Å². The molecule has 5 heteroatoms. The van der Waals surface area contributed by atoms with Crippen LogP contribution in [0.2, 0.25) is 0 Å². The number of anilines is 1. The van der Waals surface area contributed by atoms with Gasteiger partial charge in [-0.2, -0.15) is 0 Å². The molecule has 0 bridgehead atoms. The van der Waals surface area contributed by atoms with Gasteiger partial charge in [0.15, 0.2) is 0 Å². The second-order valence-electron chi connectivity index (χ2n) is 2.44. The van der Waals surface area contributed by atoms with E-state index in [2.05, 4.69) is 37.6 Å². The van der Waals surface area contributed by atoms with Gasteiger partial charge >= 0.3 is 6.09 Å². The minimum Gasteiger partial charge on any atom is -0.453 e. The number of hydrogen-bond donors (Lipinski definition) is 1. The minimum absolute atomic E-state index is 0.502. The molecule has 0 fully saturated rings. The van der Waals surface area contributed by atoms with E-state index in [0.717, 1.165) is 9.13 Å². The summed E-state index contributed by atoms with van der Waals surface area (Å²) in [6, 6.07) is 1.78. The summed E-state index contributed by atoms with van der Waals surface area (Å²) in [7, 11) is 1.31. The Hall–Kier alpha value is -0.850. The maximum Gasteiger partial charge on any atom is 0.412 e. The zero-order valence-electron chi connectivity index (χ0n) is 7.30. The van der Waals surface area contributed by atoms with E-state index in [4.69, 9.17) is 0 Å². The Kier molecular flexibility index (Phi) is 3.47. The number of hydrogen-bond acceptors (Lipinski definition) is 3. The second-order valence-corrected chi connectivity index (χ2v) is 3.60. The second kappa shape index (κ2) is 4.40. The molecule has 0 radical (unpaired) electrons. The Bertz CT molecular complexity index is 328. The Morgan fingerprint density at radius 1 is 1.69 bits per heavy atom. The van der Waals surface area contributed by atoms with Gasteiger partial charge in [-0.05, 0) is 41.1 Å². The number of aryl methyl sites for hydroxylation is 1. The van der Waals surface area contributed by atoms with Crippen LogP contribution in [0.5, 0.6) is 0 Å². The zero-order valence-corrected chi connectivity index (χ0v) is 9.45. The highest BCUT2D eigenvalue weighted by Gasteiger charge is 2.02. The topological polar surface area (TPSA) is 51.2 Å². The van der Waals surface area contributed by atoms with Crippen molar-refractivity contribution >= 4 is 34.5 Å². The summed E-state index contributed by atoms with van der Waals surface area (Å²) in [6.07, 6.45) is 1.19. The van der Waals surface area contributed by atoms with E-state index >= 15 is 0 Å². The number of methoxy groups -OCH3 is 1. The normalized spacial score (nSPS) is 9.46. The predicted octanol–water partition coefficient (Wildman–Crippen LogP) is 2.17. The van der Waals surface area contributed by atoms with Gasteiger partial charge in [-0.1, -0.05) is 0 Å². The van der Waals surface area contributed by atoms with Gasteiger partial charge in [-0.15, -0.1) is 0 Å². The van der Waals surface area contributed by atoms with Crippen molar-refractivity contribution in [1.29, 1.82) is 0 Å². The van der Waals surface area contributed by atoms with E-state index in [1.807, 2.05) is 6.92 Å². The lowest BCUT2D eigenvalue weighted by molar-refractivity contribution is 0.187. The number of pyridine rings is 1. The summed E-state index contributed by atoms with van der Waals surface area (Å²) >= 11 is 2.18. The molecule has 0 spiro atoms. The summed E-state index contributed by atoms with van der Waals surface area (Å²) in [5, 5.41) is 2.48. The van der Waals surface area contributed by atoms with Crippen molar-refractivity contribution in [3.8, 4) is 0 Å². The fourth-order valence-electron chi connectivity index (χ4n) is 0.723. The minimum atomic E-state index is -0.507. The summed E-state index contributed by atoms with van der Waals surface area (Å²) < 4.78 is 5.49. The van der Waals surface area contributed by atoms with Gasteiger partial charge in [0.05, 0.1) is 7.11 Å². The zero-order chi connectivity index (χ0) is 9.84. The molecule has 13 heavy (non-hydrogen) atoms. The number of nitrogens with zero attached hydrogens (tertiary/aromatic N) is 1. The number of nitrogens with one attached hydrogen (secondary N) is 1. The quantitative estimate of drug-likeness (QED) is 0.807. The molecule has 0 saturated carbocycles. The molecule has 1 aromatic rings. The molecule has 0 aromatic carbocycles. The van der Waals surface area contributed by atoms with Crippen molar-refractivity contribution in [1.82, 2.24) is 4.98 Å². The molecule has 0 aliphatic heterocycles. The average Bonchev–Trinajstić information content (AvgIpc) is 2.11. The Labute approximate surface area is 89.8 Å². The molecule has 0 saturated heterocycles. The molecule has 4 nitrogen and oxygen atoms in total. The molecule has 0 aliphatic carbocycles. The first kappa shape index (κ1) is 10.2. The highest BCUT2D eigenvalue weighted by Crippen LogP contribution is 2.13. The number of amides is 1. The van der Waals surface area contributed by atoms with Crippen LogP contribution in [0.3, 0.4) is 0 Å². The van der Waals surface area contributed by atoms with Crippen LogP contribution in [-0.4, -0.2) is 18.2 Å². The Morgan fingerprint density at radius 3 is 2.92 bits per heavy atom. The summed E-state index contributed by atoms with van der Waals surface area (Å²) in [4.78, 5) is 14.8. The Balaban J connectivity index is 2.79. The lowest BCUT2D eigenvalue weighted by Gasteiger charge is -2.03. The molecule has 1 heterocycles. The van der Waals surface area contributed by atoms with Crippen LogP contribution in [0.4, 0.5) is 10.6 Å². The van der Waals surface area contributed by atoms with Crippen molar-refractivity contribution < 1.29 is 9.53 Å². The van der Waals surface area contributed by atoms with Crippen LogP contribution >= 0.6 is 22.6 Å². The molecule has 1 aromatic heterocycles. The first-order valence-electron chi connectivity index (χ1n) is 3.60. The van der Waals surface area contributed by atoms with Crippen LogP contribution in [0, 0.1) is 10.5 Å². The van der Waals surface area contributed by atoms with Crippen LogP contribution < -0.4 is 5.32 Å². The lowest BCUT2D eigenvalue weighted by Crippen LogP contribution is -2.12.